The summed E-state index contributed by atoms with van der Waals surface area (Å²) in [7, 11) is 0. The Kier molecular flexibility index (Phi) is 5.01. The van der Waals surface area contributed by atoms with Crippen LogP contribution in [0.3, 0.4) is 0 Å². The molecule has 2 N–H and O–H groups in total. The molecule has 3 aromatic rings. The zero-order valence-corrected chi connectivity index (χ0v) is 14.8. The topological polar surface area (TPSA) is 83.8 Å². The molecule has 0 bridgehead atoms. The van der Waals surface area contributed by atoms with Crippen molar-refractivity contribution in [3.63, 3.8) is 0 Å². The highest BCUT2D eigenvalue weighted by Crippen LogP contribution is 2.31. The molecule has 0 aliphatic carbocycles. The number of rotatable bonds is 5. The molecule has 130 valence electrons. The fraction of sp³-hybridized carbons (Fsp3) is 0.278. The van der Waals surface area contributed by atoms with Crippen LogP contribution < -0.4 is 5.56 Å². The summed E-state index contributed by atoms with van der Waals surface area (Å²) in [5, 5.41) is 14.8. The number of aromatic amines is 1. The third-order valence-corrected chi connectivity index (χ3v) is 4.44. The normalized spacial score (nSPS) is 12.3. The van der Waals surface area contributed by atoms with Crippen LogP contribution in [0.15, 0.2) is 41.5 Å². The quantitative estimate of drug-likeness (QED) is 0.734. The molecule has 0 fully saturated rings. The summed E-state index contributed by atoms with van der Waals surface area (Å²) >= 11 is 6.40. The number of nitrogens with one attached hydrogen (secondary N) is 1. The van der Waals surface area contributed by atoms with Crippen LogP contribution in [0.1, 0.15) is 35.4 Å². The van der Waals surface area contributed by atoms with E-state index in [0.717, 1.165) is 23.1 Å². The molecule has 0 radical (unpaired) electrons. The smallest absolute Gasteiger partial charge is 0.253 e. The van der Waals surface area contributed by atoms with E-state index in [2.05, 4.69) is 22.0 Å². The Bertz CT molecular complexity index is 948. The highest BCUT2D eigenvalue weighted by molar-refractivity contribution is 6.31. The first kappa shape index (κ1) is 17.4. The summed E-state index contributed by atoms with van der Waals surface area (Å²) in [6.45, 7) is 3.68. The second-order valence-electron chi connectivity index (χ2n) is 5.85. The monoisotopic (exact) mass is 358 g/mol. The van der Waals surface area contributed by atoms with Crippen molar-refractivity contribution in [2.75, 3.05) is 6.61 Å². The van der Waals surface area contributed by atoms with Crippen molar-refractivity contribution in [2.24, 2.45) is 0 Å². The minimum absolute atomic E-state index is 0.0985. The molecule has 0 aliphatic heterocycles. The largest absolute Gasteiger partial charge is 0.395 e. The van der Waals surface area contributed by atoms with Crippen molar-refractivity contribution in [3.8, 4) is 5.82 Å². The van der Waals surface area contributed by atoms with Crippen molar-refractivity contribution >= 4 is 11.6 Å². The maximum Gasteiger partial charge on any atom is 0.253 e. The van der Waals surface area contributed by atoms with Gasteiger partial charge in [-0.1, -0.05) is 30.7 Å². The molecule has 3 rings (SSSR count). The molecule has 6 nitrogen and oxygen atoms in total. The van der Waals surface area contributed by atoms with Crippen LogP contribution >= 0.6 is 11.6 Å². The van der Waals surface area contributed by atoms with Gasteiger partial charge in [-0.05, 0) is 30.5 Å². The first-order chi connectivity index (χ1) is 12.0. The van der Waals surface area contributed by atoms with Gasteiger partial charge in [-0.2, -0.15) is 5.10 Å². The van der Waals surface area contributed by atoms with E-state index in [9.17, 15) is 9.90 Å². The number of aryl methyl sites for hydroxylation is 2. The van der Waals surface area contributed by atoms with Gasteiger partial charge in [-0.25, -0.2) is 9.67 Å². The first-order valence-electron chi connectivity index (χ1n) is 8.04. The lowest BCUT2D eigenvalue weighted by Gasteiger charge is -2.15. The molecule has 0 saturated heterocycles. The summed E-state index contributed by atoms with van der Waals surface area (Å²) in [4.78, 5) is 18.5. The predicted molar refractivity (Wildman–Crippen MR) is 96.5 cm³/mol. The number of aromatic nitrogens is 4. The summed E-state index contributed by atoms with van der Waals surface area (Å²) in [6, 6.07) is 7.25. The van der Waals surface area contributed by atoms with Gasteiger partial charge in [0.1, 0.15) is 5.82 Å². The van der Waals surface area contributed by atoms with Crippen molar-refractivity contribution < 1.29 is 5.11 Å². The van der Waals surface area contributed by atoms with Gasteiger partial charge >= 0.3 is 0 Å². The Morgan fingerprint density at radius 2 is 2.16 bits per heavy atom. The van der Waals surface area contributed by atoms with E-state index in [1.165, 1.54) is 10.7 Å². The lowest BCUT2D eigenvalue weighted by molar-refractivity contribution is 0.280. The molecule has 7 heteroatoms. The van der Waals surface area contributed by atoms with Gasteiger partial charge in [0.05, 0.1) is 12.8 Å². The molecule has 0 spiro atoms. The van der Waals surface area contributed by atoms with Gasteiger partial charge in [-0.15, -0.1) is 0 Å². The van der Waals surface area contributed by atoms with Crippen LogP contribution in [0.4, 0.5) is 0 Å². The summed E-state index contributed by atoms with van der Waals surface area (Å²) in [5.41, 5.74) is 2.55. The average Bonchev–Trinajstić information content (AvgIpc) is 3.06. The fourth-order valence-electron chi connectivity index (χ4n) is 2.78. The standard InChI is InChI=1S/C18H19ClN4O2/c1-3-12-4-5-14(16(19)6-12)15(10-24)13-8-20-23(9-13)17-7-18(25)22-11(2)21-17/h4-9,15,24H,3,10H2,1-2H3,(H,21,22,25)/t15-/m1/s1. The molecule has 2 heterocycles. The van der Waals surface area contributed by atoms with Crippen molar-refractivity contribution in [2.45, 2.75) is 26.2 Å². The zero-order chi connectivity index (χ0) is 18.0. The van der Waals surface area contributed by atoms with Crippen LogP contribution in [0.2, 0.25) is 5.02 Å². The maximum atomic E-state index is 11.6. The fourth-order valence-corrected chi connectivity index (χ4v) is 3.11. The number of benzene rings is 1. The van der Waals surface area contributed by atoms with Crippen LogP contribution in [-0.2, 0) is 6.42 Å². The van der Waals surface area contributed by atoms with E-state index >= 15 is 0 Å². The van der Waals surface area contributed by atoms with Crippen molar-refractivity contribution in [1.82, 2.24) is 19.7 Å². The Morgan fingerprint density at radius 3 is 2.80 bits per heavy atom. The highest BCUT2D eigenvalue weighted by Gasteiger charge is 2.19. The third-order valence-electron chi connectivity index (χ3n) is 4.12. The van der Waals surface area contributed by atoms with Gasteiger partial charge in [-0.3, -0.25) is 4.79 Å². The molecule has 0 saturated carbocycles. The number of aliphatic hydroxyl groups excluding tert-OH is 1. The predicted octanol–water partition coefficient (Wildman–Crippen LogP) is 2.60. The van der Waals surface area contributed by atoms with Gasteiger partial charge in [0.15, 0.2) is 5.82 Å². The Hall–Kier alpha value is -2.44. The summed E-state index contributed by atoms with van der Waals surface area (Å²) in [6.07, 6.45) is 4.31. The van der Waals surface area contributed by atoms with Crippen LogP contribution in [0.5, 0.6) is 0 Å². The number of hydrogen-bond donors (Lipinski definition) is 2. The molecule has 25 heavy (non-hydrogen) atoms. The number of H-pyrrole nitrogens is 1. The summed E-state index contributed by atoms with van der Waals surface area (Å²) < 4.78 is 1.52. The maximum absolute atomic E-state index is 11.6. The van der Waals surface area contributed by atoms with Crippen LogP contribution in [0.25, 0.3) is 5.82 Å². The van der Waals surface area contributed by atoms with Crippen molar-refractivity contribution in [3.05, 3.63) is 74.6 Å². The zero-order valence-electron chi connectivity index (χ0n) is 14.0. The Labute approximate surface area is 150 Å². The highest BCUT2D eigenvalue weighted by atomic mass is 35.5. The molecular formula is C18H19ClN4O2. The van der Waals surface area contributed by atoms with Crippen molar-refractivity contribution in [1.29, 1.82) is 0 Å². The average molecular weight is 359 g/mol. The summed E-state index contributed by atoms with van der Waals surface area (Å²) in [5.74, 6) is 0.642. The third kappa shape index (κ3) is 3.65. The van der Waals surface area contributed by atoms with Crippen LogP contribution in [-0.4, -0.2) is 31.5 Å². The van der Waals surface area contributed by atoms with E-state index < -0.39 is 0 Å². The van der Waals surface area contributed by atoms with E-state index in [0.29, 0.717) is 16.7 Å². The molecule has 0 amide bonds. The van der Waals surface area contributed by atoms with E-state index in [1.807, 2.05) is 18.2 Å². The molecule has 0 unspecified atom stereocenters. The number of nitrogens with zero attached hydrogens (tertiary/aromatic N) is 3. The van der Waals surface area contributed by atoms with Gasteiger partial charge in [0.2, 0.25) is 0 Å². The molecule has 1 aromatic carbocycles. The molecule has 0 aliphatic rings. The number of aliphatic hydroxyl groups is 1. The second kappa shape index (κ2) is 7.21. The lowest BCUT2D eigenvalue weighted by Crippen LogP contribution is -2.12. The van der Waals surface area contributed by atoms with E-state index in [-0.39, 0.29) is 18.1 Å². The first-order valence-corrected chi connectivity index (χ1v) is 8.41. The minimum atomic E-state index is -0.296. The van der Waals surface area contributed by atoms with E-state index in [1.54, 1.807) is 19.3 Å². The van der Waals surface area contributed by atoms with Crippen LogP contribution in [0, 0.1) is 6.92 Å². The van der Waals surface area contributed by atoms with Gasteiger partial charge in [0, 0.05) is 28.8 Å². The van der Waals surface area contributed by atoms with Gasteiger partial charge in [0.25, 0.3) is 5.56 Å². The molecular weight excluding hydrogens is 340 g/mol. The Morgan fingerprint density at radius 1 is 1.36 bits per heavy atom. The number of halogens is 1. The minimum Gasteiger partial charge on any atom is -0.395 e. The van der Waals surface area contributed by atoms with E-state index in [4.69, 9.17) is 11.6 Å². The SMILES string of the molecule is CCc1ccc([C@H](CO)c2cnn(-c3cc(=O)[nH]c(C)n3)c2)c(Cl)c1. The van der Waals surface area contributed by atoms with Gasteiger partial charge < -0.3 is 10.1 Å². The molecule has 2 aromatic heterocycles. The lowest BCUT2D eigenvalue weighted by atomic mass is 9.93. The second-order valence-corrected chi connectivity index (χ2v) is 6.26. The number of hydrogen-bond acceptors (Lipinski definition) is 4. The Balaban J connectivity index is 1.98. The molecule has 1 atom stereocenters.